The van der Waals surface area contributed by atoms with E-state index < -0.39 is 0 Å². The van der Waals surface area contributed by atoms with Crippen LogP contribution in [0.3, 0.4) is 0 Å². The molecule has 3 nitrogen and oxygen atoms in total. The van der Waals surface area contributed by atoms with Gasteiger partial charge in [-0.25, -0.2) is 0 Å². The zero-order chi connectivity index (χ0) is 13.7. The summed E-state index contributed by atoms with van der Waals surface area (Å²) in [6, 6.07) is 6.67. The van der Waals surface area contributed by atoms with E-state index in [0.29, 0.717) is 6.04 Å². The molecule has 1 fully saturated rings. The van der Waals surface area contributed by atoms with Crippen molar-refractivity contribution in [1.29, 1.82) is 0 Å². The first kappa shape index (κ1) is 14.8. The summed E-state index contributed by atoms with van der Waals surface area (Å²) in [5.74, 6) is 0. The summed E-state index contributed by atoms with van der Waals surface area (Å²) in [4.78, 5) is 2.40. The van der Waals surface area contributed by atoms with Crippen molar-refractivity contribution in [1.82, 2.24) is 4.90 Å². The van der Waals surface area contributed by atoms with Gasteiger partial charge in [-0.15, -0.1) is 0 Å². The number of halogens is 1. The van der Waals surface area contributed by atoms with Gasteiger partial charge in [0.15, 0.2) is 0 Å². The summed E-state index contributed by atoms with van der Waals surface area (Å²) in [5, 5.41) is 9.28. The van der Waals surface area contributed by atoms with Crippen LogP contribution in [0.1, 0.15) is 37.7 Å². The molecule has 1 aliphatic carbocycles. The van der Waals surface area contributed by atoms with Gasteiger partial charge >= 0.3 is 0 Å². The second-order valence-corrected chi connectivity index (χ2v) is 6.29. The van der Waals surface area contributed by atoms with Crippen LogP contribution in [0, 0.1) is 0 Å². The van der Waals surface area contributed by atoms with Gasteiger partial charge in [-0.2, -0.15) is 0 Å². The summed E-state index contributed by atoms with van der Waals surface area (Å²) in [6.45, 7) is 1.84. The molecule has 1 aliphatic rings. The lowest BCUT2D eigenvalue weighted by molar-refractivity contribution is 0.117. The van der Waals surface area contributed by atoms with Crippen LogP contribution >= 0.6 is 15.9 Å². The Morgan fingerprint density at radius 3 is 2.58 bits per heavy atom. The van der Waals surface area contributed by atoms with Gasteiger partial charge in [0, 0.05) is 29.3 Å². The molecule has 0 bridgehead atoms. The number of nitrogens with zero attached hydrogens (tertiary/aromatic N) is 1. The molecule has 0 heterocycles. The minimum atomic E-state index is 0.222. The first-order chi connectivity index (χ1) is 9.19. The number of aliphatic hydroxyl groups excluding tert-OH is 1. The Bertz CT molecular complexity index is 385. The van der Waals surface area contributed by atoms with Crippen molar-refractivity contribution in [2.75, 3.05) is 18.9 Å². The fraction of sp³-hybridized carbons (Fsp3) is 0.600. The Kier molecular flexibility index (Phi) is 5.67. The van der Waals surface area contributed by atoms with Crippen LogP contribution in [-0.4, -0.2) is 29.2 Å². The lowest BCUT2D eigenvalue weighted by atomic mass is 9.94. The molecule has 2 rings (SSSR count). The van der Waals surface area contributed by atoms with E-state index in [1.807, 2.05) is 12.1 Å². The van der Waals surface area contributed by atoms with E-state index in [1.54, 1.807) is 0 Å². The van der Waals surface area contributed by atoms with Crippen molar-refractivity contribution < 1.29 is 5.11 Å². The quantitative estimate of drug-likeness (QED) is 0.817. The smallest absolute Gasteiger partial charge is 0.0558 e. The van der Waals surface area contributed by atoms with Crippen LogP contribution in [0.25, 0.3) is 0 Å². The number of aliphatic hydroxyl groups is 1. The molecular weight excluding hydrogens is 304 g/mol. The average Bonchev–Trinajstić information content (AvgIpc) is 2.38. The Labute approximate surface area is 123 Å². The SMILES string of the molecule is Nc1cc(Br)cc(CN(CCO)C2CCCCC2)c1. The van der Waals surface area contributed by atoms with Gasteiger partial charge in [-0.05, 0) is 36.6 Å². The molecule has 0 spiro atoms. The van der Waals surface area contributed by atoms with Crippen molar-refractivity contribution in [3.05, 3.63) is 28.2 Å². The van der Waals surface area contributed by atoms with Crippen LogP contribution < -0.4 is 5.73 Å². The molecule has 0 saturated heterocycles. The maximum Gasteiger partial charge on any atom is 0.0558 e. The number of nitrogen functional groups attached to an aromatic ring is 1. The highest BCUT2D eigenvalue weighted by atomic mass is 79.9. The summed E-state index contributed by atoms with van der Waals surface area (Å²) in [7, 11) is 0. The minimum Gasteiger partial charge on any atom is -0.399 e. The predicted octanol–water partition coefficient (Wildman–Crippen LogP) is 3.16. The maximum atomic E-state index is 9.28. The third-order valence-electron chi connectivity index (χ3n) is 3.84. The Balaban J connectivity index is 2.06. The number of rotatable bonds is 5. The molecule has 1 saturated carbocycles. The predicted molar refractivity (Wildman–Crippen MR) is 82.9 cm³/mol. The number of benzene rings is 1. The zero-order valence-electron chi connectivity index (χ0n) is 11.3. The van der Waals surface area contributed by atoms with Crippen molar-refractivity contribution in [2.24, 2.45) is 0 Å². The zero-order valence-corrected chi connectivity index (χ0v) is 12.9. The van der Waals surface area contributed by atoms with Crippen molar-refractivity contribution in [3.8, 4) is 0 Å². The Morgan fingerprint density at radius 1 is 1.21 bits per heavy atom. The van der Waals surface area contributed by atoms with Gasteiger partial charge in [0.2, 0.25) is 0 Å². The molecule has 0 unspecified atom stereocenters. The van der Waals surface area contributed by atoms with Crippen molar-refractivity contribution in [3.63, 3.8) is 0 Å². The summed E-state index contributed by atoms with van der Waals surface area (Å²) in [6.07, 6.45) is 6.49. The first-order valence-corrected chi connectivity index (χ1v) is 7.88. The van der Waals surface area contributed by atoms with Crippen LogP contribution in [0.5, 0.6) is 0 Å². The van der Waals surface area contributed by atoms with Gasteiger partial charge < -0.3 is 10.8 Å². The van der Waals surface area contributed by atoms with E-state index in [0.717, 1.165) is 23.2 Å². The largest absolute Gasteiger partial charge is 0.399 e. The van der Waals surface area contributed by atoms with Crippen LogP contribution in [0.4, 0.5) is 5.69 Å². The third kappa shape index (κ3) is 4.48. The molecule has 0 atom stereocenters. The fourth-order valence-electron chi connectivity index (χ4n) is 2.97. The summed E-state index contributed by atoms with van der Waals surface area (Å²) >= 11 is 3.49. The lowest BCUT2D eigenvalue weighted by Gasteiger charge is -2.34. The Morgan fingerprint density at radius 2 is 1.95 bits per heavy atom. The lowest BCUT2D eigenvalue weighted by Crippen LogP contribution is -2.38. The molecule has 3 N–H and O–H groups in total. The van der Waals surface area contributed by atoms with E-state index in [4.69, 9.17) is 5.73 Å². The number of anilines is 1. The van der Waals surface area contributed by atoms with Crippen LogP contribution in [-0.2, 0) is 6.54 Å². The van der Waals surface area contributed by atoms with Gasteiger partial charge in [-0.1, -0.05) is 35.2 Å². The minimum absolute atomic E-state index is 0.222. The molecule has 0 aromatic heterocycles. The van der Waals surface area contributed by atoms with E-state index in [9.17, 15) is 5.11 Å². The van der Waals surface area contributed by atoms with Crippen molar-refractivity contribution in [2.45, 2.75) is 44.7 Å². The van der Waals surface area contributed by atoms with Gasteiger partial charge in [0.25, 0.3) is 0 Å². The molecule has 19 heavy (non-hydrogen) atoms. The van der Waals surface area contributed by atoms with E-state index in [1.165, 1.54) is 37.7 Å². The molecule has 0 aliphatic heterocycles. The van der Waals surface area contributed by atoms with Crippen LogP contribution in [0.15, 0.2) is 22.7 Å². The second kappa shape index (κ2) is 7.27. The highest BCUT2D eigenvalue weighted by molar-refractivity contribution is 9.10. The second-order valence-electron chi connectivity index (χ2n) is 5.38. The molecule has 1 aromatic rings. The standard InChI is InChI=1S/C15H23BrN2O/c16-13-8-12(9-14(17)10-13)11-18(6-7-19)15-4-2-1-3-5-15/h8-10,15,19H,1-7,11,17H2. The van der Waals surface area contributed by atoms with Crippen molar-refractivity contribution >= 4 is 21.6 Å². The third-order valence-corrected chi connectivity index (χ3v) is 4.30. The normalized spacial score (nSPS) is 17.0. The van der Waals surface area contributed by atoms with Gasteiger partial charge in [0.05, 0.1) is 6.61 Å². The van der Waals surface area contributed by atoms with E-state index in [2.05, 4.69) is 26.9 Å². The molecule has 1 aromatic carbocycles. The topological polar surface area (TPSA) is 49.5 Å². The van der Waals surface area contributed by atoms with Gasteiger partial charge in [-0.3, -0.25) is 4.90 Å². The fourth-order valence-corrected chi connectivity index (χ4v) is 3.52. The maximum absolute atomic E-state index is 9.28. The Hall–Kier alpha value is -0.580. The average molecular weight is 327 g/mol. The molecule has 4 heteroatoms. The molecule has 0 radical (unpaired) electrons. The summed E-state index contributed by atoms with van der Waals surface area (Å²) in [5.41, 5.74) is 7.89. The first-order valence-electron chi connectivity index (χ1n) is 7.09. The highest BCUT2D eigenvalue weighted by Crippen LogP contribution is 2.25. The molecular formula is C15H23BrN2O. The monoisotopic (exact) mass is 326 g/mol. The highest BCUT2D eigenvalue weighted by Gasteiger charge is 2.20. The number of nitrogens with two attached hydrogens (primary N) is 1. The molecule has 106 valence electrons. The summed E-state index contributed by atoms with van der Waals surface area (Å²) < 4.78 is 1.02. The van der Waals surface area contributed by atoms with Crippen LogP contribution in [0.2, 0.25) is 0 Å². The van der Waals surface area contributed by atoms with E-state index >= 15 is 0 Å². The molecule has 0 amide bonds. The number of hydrogen-bond acceptors (Lipinski definition) is 3. The van der Waals surface area contributed by atoms with E-state index in [-0.39, 0.29) is 6.61 Å². The number of hydrogen-bond donors (Lipinski definition) is 2. The van der Waals surface area contributed by atoms with Gasteiger partial charge in [0.1, 0.15) is 0 Å².